The van der Waals surface area contributed by atoms with E-state index >= 15 is 0 Å². The number of hydrogen-bond acceptors (Lipinski definition) is 2. The molecule has 2 atom stereocenters. The predicted molar refractivity (Wildman–Crippen MR) is 75.9 cm³/mol. The molecule has 0 aliphatic carbocycles. The SMILES string of the molecule is CC1CN(Cc2ccc(F)c(Br)c2)CC(C)S1. The first-order chi connectivity index (χ1) is 8.04. The zero-order valence-electron chi connectivity index (χ0n) is 10.1. The van der Waals surface area contributed by atoms with Crippen LogP contribution in [-0.2, 0) is 6.54 Å². The second kappa shape index (κ2) is 5.72. The van der Waals surface area contributed by atoms with Crippen LogP contribution in [0.3, 0.4) is 0 Å². The van der Waals surface area contributed by atoms with Gasteiger partial charge in [-0.1, -0.05) is 19.9 Å². The van der Waals surface area contributed by atoms with Crippen LogP contribution >= 0.6 is 27.7 Å². The molecule has 1 aromatic rings. The van der Waals surface area contributed by atoms with Crippen LogP contribution in [0.15, 0.2) is 22.7 Å². The summed E-state index contributed by atoms with van der Waals surface area (Å²) in [5, 5.41) is 1.37. The highest BCUT2D eigenvalue weighted by molar-refractivity contribution is 9.10. The normalized spacial score (nSPS) is 26.1. The van der Waals surface area contributed by atoms with Gasteiger partial charge in [0.2, 0.25) is 0 Å². The molecule has 1 aliphatic rings. The smallest absolute Gasteiger partial charge is 0.137 e. The summed E-state index contributed by atoms with van der Waals surface area (Å²) < 4.78 is 13.7. The topological polar surface area (TPSA) is 3.24 Å². The van der Waals surface area contributed by atoms with E-state index in [1.54, 1.807) is 0 Å². The van der Waals surface area contributed by atoms with Crippen LogP contribution < -0.4 is 0 Å². The Kier molecular flexibility index (Phi) is 4.50. The standard InChI is InChI=1S/C13H17BrFNS/c1-9-6-16(7-10(2)17-9)8-11-3-4-13(15)12(14)5-11/h3-5,9-10H,6-8H2,1-2H3. The van der Waals surface area contributed by atoms with Crippen molar-refractivity contribution in [1.82, 2.24) is 4.90 Å². The van der Waals surface area contributed by atoms with E-state index in [0.717, 1.165) is 19.6 Å². The zero-order valence-corrected chi connectivity index (χ0v) is 12.5. The number of thioether (sulfide) groups is 1. The quantitative estimate of drug-likeness (QED) is 0.813. The van der Waals surface area contributed by atoms with Gasteiger partial charge in [0.15, 0.2) is 0 Å². The predicted octanol–water partition coefficient (Wildman–Crippen LogP) is 3.91. The van der Waals surface area contributed by atoms with Crippen LogP contribution in [0, 0.1) is 5.82 Å². The summed E-state index contributed by atoms with van der Waals surface area (Å²) in [4.78, 5) is 2.45. The van der Waals surface area contributed by atoms with Crippen molar-refractivity contribution in [2.45, 2.75) is 30.9 Å². The van der Waals surface area contributed by atoms with Crippen molar-refractivity contribution in [3.8, 4) is 0 Å². The average molecular weight is 318 g/mol. The second-order valence-electron chi connectivity index (χ2n) is 4.70. The van der Waals surface area contributed by atoms with Gasteiger partial charge in [-0.05, 0) is 33.6 Å². The molecule has 0 N–H and O–H groups in total. The molecule has 1 saturated heterocycles. The van der Waals surface area contributed by atoms with Crippen molar-refractivity contribution < 1.29 is 4.39 Å². The lowest BCUT2D eigenvalue weighted by atomic mass is 10.2. The molecule has 94 valence electrons. The van der Waals surface area contributed by atoms with Crippen LogP contribution in [0.4, 0.5) is 4.39 Å². The fourth-order valence-electron chi connectivity index (χ4n) is 2.31. The fraction of sp³-hybridized carbons (Fsp3) is 0.538. The molecule has 0 amide bonds. The van der Waals surface area contributed by atoms with Crippen molar-refractivity contribution >= 4 is 27.7 Å². The Hall–Kier alpha value is -0.0600. The van der Waals surface area contributed by atoms with Gasteiger partial charge in [0.1, 0.15) is 5.82 Å². The highest BCUT2D eigenvalue weighted by Crippen LogP contribution is 2.26. The van der Waals surface area contributed by atoms with E-state index in [1.165, 1.54) is 11.6 Å². The first-order valence-electron chi connectivity index (χ1n) is 5.86. The monoisotopic (exact) mass is 317 g/mol. The van der Waals surface area contributed by atoms with Crippen molar-refractivity contribution in [3.63, 3.8) is 0 Å². The van der Waals surface area contributed by atoms with E-state index in [9.17, 15) is 4.39 Å². The fourth-order valence-corrected chi connectivity index (χ4v) is 4.12. The van der Waals surface area contributed by atoms with Gasteiger partial charge in [-0.2, -0.15) is 11.8 Å². The minimum atomic E-state index is -0.190. The lowest BCUT2D eigenvalue weighted by Crippen LogP contribution is -2.39. The molecule has 1 aliphatic heterocycles. The molecule has 0 bridgehead atoms. The molecule has 4 heteroatoms. The molecule has 0 radical (unpaired) electrons. The molecular weight excluding hydrogens is 301 g/mol. The van der Waals surface area contributed by atoms with Gasteiger partial charge in [0.05, 0.1) is 4.47 Å². The van der Waals surface area contributed by atoms with E-state index in [1.807, 2.05) is 12.1 Å². The summed E-state index contributed by atoms with van der Waals surface area (Å²) in [5.74, 6) is -0.190. The lowest BCUT2D eigenvalue weighted by molar-refractivity contribution is 0.263. The highest BCUT2D eigenvalue weighted by atomic mass is 79.9. The average Bonchev–Trinajstić information content (AvgIpc) is 2.22. The molecule has 1 aromatic carbocycles. The molecule has 2 rings (SSSR count). The van der Waals surface area contributed by atoms with Crippen LogP contribution in [0.25, 0.3) is 0 Å². The molecule has 0 spiro atoms. The first-order valence-corrected chi connectivity index (χ1v) is 7.60. The lowest BCUT2D eigenvalue weighted by Gasteiger charge is -2.34. The Morgan fingerprint density at radius 1 is 1.35 bits per heavy atom. The molecule has 17 heavy (non-hydrogen) atoms. The Morgan fingerprint density at radius 2 is 2.00 bits per heavy atom. The Morgan fingerprint density at radius 3 is 2.59 bits per heavy atom. The highest BCUT2D eigenvalue weighted by Gasteiger charge is 2.22. The van der Waals surface area contributed by atoms with Gasteiger partial charge < -0.3 is 0 Å². The largest absolute Gasteiger partial charge is 0.297 e. The first kappa shape index (κ1) is 13.4. The molecule has 0 saturated carbocycles. The third kappa shape index (κ3) is 3.70. The van der Waals surface area contributed by atoms with Crippen LogP contribution in [0.2, 0.25) is 0 Å². The molecule has 0 aromatic heterocycles. The summed E-state index contributed by atoms with van der Waals surface area (Å²) in [5.41, 5.74) is 1.17. The van der Waals surface area contributed by atoms with Gasteiger partial charge in [-0.15, -0.1) is 0 Å². The van der Waals surface area contributed by atoms with Gasteiger partial charge >= 0.3 is 0 Å². The van der Waals surface area contributed by atoms with Crippen LogP contribution in [0.5, 0.6) is 0 Å². The minimum Gasteiger partial charge on any atom is -0.297 e. The second-order valence-corrected chi connectivity index (χ2v) is 7.44. The number of hydrogen-bond donors (Lipinski definition) is 0. The van der Waals surface area contributed by atoms with Gasteiger partial charge in [-0.3, -0.25) is 4.90 Å². The van der Waals surface area contributed by atoms with E-state index in [2.05, 4.69) is 46.4 Å². The Labute approximate surface area is 115 Å². The maximum atomic E-state index is 13.1. The number of halogens is 2. The summed E-state index contributed by atoms with van der Waals surface area (Å²) >= 11 is 5.29. The maximum Gasteiger partial charge on any atom is 0.137 e. The Bertz CT molecular complexity index is 389. The van der Waals surface area contributed by atoms with Crippen LogP contribution in [-0.4, -0.2) is 28.5 Å². The van der Waals surface area contributed by atoms with Crippen molar-refractivity contribution in [2.24, 2.45) is 0 Å². The third-order valence-corrected chi connectivity index (χ3v) is 4.72. The van der Waals surface area contributed by atoms with Crippen molar-refractivity contribution in [2.75, 3.05) is 13.1 Å². The number of benzene rings is 1. The zero-order chi connectivity index (χ0) is 12.4. The van der Waals surface area contributed by atoms with Gasteiger partial charge in [0.25, 0.3) is 0 Å². The molecule has 1 heterocycles. The molecular formula is C13H17BrFNS. The molecule has 1 nitrogen and oxygen atoms in total. The van der Waals surface area contributed by atoms with E-state index < -0.39 is 0 Å². The van der Waals surface area contributed by atoms with Crippen LogP contribution in [0.1, 0.15) is 19.4 Å². The molecule has 1 fully saturated rings. The number of nitrogens with zero attached hydrogens (tertiary/aromatic N) is 1. The van der Waals surface area contributed by atoms with Crippen molar-refractivity contribution in [3.05, 3.63) is 34.1 Å². The van der Waals surface area contributed by atoms with Gasteiger partial charge in [-0.25, -0.2) is 4.39 Å². The van der Waals surface area contributed by atoms with E-state index in [4.69, 9.17) is 0 Å². The van der Waals surface area contributed by atoms with Crippen molar-refractivity contribution in [1.29, 1.82) is 0 Å². The minimum absolute atomic E-state index is 0.190. The third-order valence-electron chi connectivity index (χ3n) is 2.89. The van der Waals surface area contributed by atoms with Gasteiger partial charge in [0, 0.05) is 30.1 Å². The summed E-state index contributed by atoms with van der Waals surface area (Å²) in [6.07, 6.45) is 0. The summed E-state index contributed by atoms with van der Waals surface area (Å²) in [7, 11) is 0. The number of rotatable bonds is 2. The maximum absolute atomic E-state index is 13.1. The summed E-state index contributed by atoms with van der Waals surface area (Å²) in [6.45, 7) is 7.68. The van der Waals surface area contributed by atoms with E-state index in [-0.39, 0.29) is 5.82 Å². The van der Waals surface area contributed by atoms with E-state index in [0.29, 0.717) is 15.0 Å². The summed E-state index contributed by atoms with van der Waals surface area (Å²) in [6, 6.07) is 5.29. The Balaban J connectivity index is 2.02. The molecule has 2 unspecified atom stereocenters.